The Balaban J connectivity index is 0.00000400. The number of hydrogen-bond donors (Lipinski definition) is 3. The van der Waals surface area contributed by atoms with Crippen molar-refractivity contribution in [3.8, 4) is 11.5 Å². The number of halogens is 1. The molecule has 21 nitrogen and oxygen atoms in total. The number of nitrogens with one attached hydrogen (secondary N) is 1. The van der Waals surface area contributed by atoms with Crippen LogP contribution in [-0.4, -0.2) is 93.4 Å². The van der Waals surface area contributed by atoms with E-state index in [1.54, 1.807) is 6.92 Å². The monoisotopic (exact) mass is 940 g/mol. The average molecular weight is 941 g/mol. The largest absolute Gasteiger partial charge is 1.00 e. The molecule has 0 aliphatic heterocycles. The van der Waals surface area contributed by atoms with Crippen molar-refractivity contribution in [1.29, 1.82) is 0 Å². The molecule has 0 aliphatic carbocycles. The van der Waals surface area contributed by atoms with Crippen molar-refractivity contribution >= 4 is 97.5 Å². The molecule has 0 fully saturated rings. The number of phenols is 1. The fraction of sp³-hybridized carbons (Fsp3) is 0.167. The number of methoxy groups -OCH3 is 1. The first kappa shape index (κ1) is 53.0. The van der Waals surface area contributed by atoms with Crippen LogP contribution in [0.5, 0.6) is 11.5 Å². The maximum absolute atomic E-state index is 12.8. The van der Waals surface area contributed by atoms with Crippen LogP contribution in [-0.2, 0) is 44.7 Å². The Hall–Kier alpha value is -2.12. The maximum atomic E-state index is 12.8. The summed E-state index contributed by atoms with van der Waals surface area (Å²) in [5.74, 6) is -1.82. The number of aromatic nitrogens is 3. The molecule has 5 rings (SSSR count). The molecule has 0 unspecified atom stereocenters. The van der Waals surface area contributed by atoms with Crippen molar-refractivity contribution < 1.29 is 150 Å². The first-order chi connectivity index (χ1) is 26.1. The van der Waals surface area contributed by atoms with Gasteiger partial charge in [-0.3, -0.25) is 4.55 Å². The molecular weight excluding hydrogens is 915 g/mol. The topological polar surface area (TPSA) is 320 Å². The molecule has 0 radical (unpaired) electrons. The molecule has 1 aromatic heterocycles. The Bertz CT molecular complexity index is 2840. The van der Waals surface area contributed by atoms with Gasteiger partial charge >= 0.3 is 99.1 Å². The molecule has 0 saturated carbocycles. The van der Waals surface area contributed by atoms with Gasteiger partial charge in [-0.1, -0.05) is 6.07 Å². The third kappa shape index (κ3) is 13.7. The van der Waals surface area contributed by atoms with Crippen molar-refractivity contribution in [1.82, 2.24) is 15.0 Å². The van der Waals surface area contributed by atoms with E-state index in [0.717, 1.165) is 18.2 Å². The summed E-state index contributed by atoms with van der Waals surface area (Å²) in [6.45, 7) is 1.03. The third-order valence-electron chi connectivity index (χ3n) is 7.50. The van der Waals surface area contributed by atoms with Gasteiger partial charge in [-0.05, 0) is 84.6 Å². The quantitative estimate of drug-likeness (QED) is 0.0503. The number of nitrogens with zero attached hydrogens (tertiary/aromatic N) is 6. The van der Waals surface area contributed by atoms with Crippen LogP contribution in [0.3, 0.4) is 0 Å². The molecule has 5 aromatic rings. The summed E-state index contributed by atoms with van der Waals surface area (Å²) < 4.78 is 138. The molecule has 0 aliphatic rings. The predicted molar refractivity (Wildman–Crippen MR) is 196 cm³/mol. The van der Waals surface area contributed by atoms with E-state index in [9.17, 15) is 47.9 Å². The number of aromatic hydroxyl groups is 1. The van der Waals surface area contributed by atoms with Gasteiger partial charge in [0.1, 0.15) is 37.4 Å². The summed E-state index contributed by atoms with van der Waals surface area (Å²) in [7, 11) is -18.2. The van der Waals surface area contributed by atoms with E-state index in [2.05, 4.69) is 34.7 Å². The Kier molecular flexibility index (Phi) is 19.1. The first-order valence-corrected chi connectivity index (χ1v) is 21.5. The van der Waals surface area contributed by atoms with E-state index in [1.165, 1.54) is 60.5 Å². The van der Waals surface area contributed by atoms with Gasteiger partial charge in [-0.2, -0.15) is 23.4 Å². The van der Waals surface area contributed by atoms with Gasteiger partial charge in [0.2, 0.25) is 17.2 Å². The minimum atomic E-state index is -5.36. The van der Waals surface area contributed by atoms with Gasteiger partial charge in [0.25, 0.3) is 0 Å². The average Bonchev–Trinajstić information content (AvgIpc) is 3.10. The molecule has 0 atom stereocenters. The minimum absolute atomic E-state index is 0. The molecule has 4 aromatic carbocycles. The number of rotatable bonds is 15. The van der Waals surface area contributed by atoms with Crippen molar-refractivity contribution in [3.63, 3.8) is 0 Å². The molecule has 0 spiro atoms. The van der Waals surface area contributed by atoms with E-state index in [1.807, 2.05) is 0 Å². The molecule has 1 heterocycles. The Morgan fingerprint density at radius 2 is 1.53 bits per heavy atom. The van der Waals surface area contributed by atoms with E-state index in [0.29, 0.717) is 0 Å². The summed E-state index contributed by atoms with van der Waals surface area (Å²) in [6, 6.07) is 13.5. The molecule has 0 bridgehead atoms. The van der Waals surface area contributed by atoms with Crippen molar-refractivity contribution in [2.45, 2.75) is 21.6 Å². The van der Waals surface area contributed by atoms with Crippen molar-refractivity contribution in [3.05, 3.63) is 72.0 Å². The number of hydrogen-bond acceptors (Lipinski definition) is 20. The number of anilines is 4. The summed E-state index contributed by atoms with van der Waals surface area (Å²) >= 11 is 6.21. The second-order valence-electron chi connectivity index (χ2n) is 11.1. The molecule has 298 valence electrons. The van der Waals surface area contributed by atoms with Gasteiger partial charge in [0, 0.05) is 23.3 Å². The van der Waals surface area contributed by atoms with Gasteiger partial charge in [-0.15, -0.1) is 10.2 Å². The van der Waals surface area contributed by atoms with E-state index in [-0.39, 0.29) is 145 Å². The van der Waals surface area contributed by atoms with Gasteiger partial charge in [0.15, 0.2) is 15.6 Å². The number of fused-ring (bicyclic) bond motifs is 1. The Labute approximate surface area is 409 Å². The van der Waals surface area contributed by atoms with E-state index >= 15 is 0 Å². The van der Waals surface area contributed by atoms with Gasteiger partial charge in [0.05, 0.1) is 34.2 Å². The molecule has 0 amide bonds. The number of phenolic OH excluding ortho intramolecular Hbond substituents is 1. The van der Waals surface area contributed by atoms with Crippen LogP contribution >= 0.6 is 11.6 Å². The van der Waals surface area contributed by atoms with Crippen molar-refractivity contribution in [2.24, 2.45) is 10.2 Å². The van der Waals surface area contributed by atoms with Crippen LogP contribution in [0.15, 0.2) is 91.6 Å². The SMILES string of the molecule is CCN(c1cccc(S(=O)(=O)CCOS(=O)(=O)O)c1)c1nc(Cl)nc(Nc2ccc3c(O)c(N=Nc4ccc(OC)cc4S(=O)(=O)[O-])c(S(=O)(=O)[O-])cc3c2)n1.[Na+].[Na+].[Na+]. The maximum Gasteiger partial charge on any atom is 1.00 e. The fourth-order valence-electron chi connectivity index (χ4n) is 5.02. The van der Waals surface area contributed by atoms with Crippen molar-refractivity contribution in [2.75, 3.05) is 36.2 Å². The Morgan fingerprint density at radius 3 is 2.14 bits per heavy atom. The molecule has 59 heavy (non-hydrogen) atoms. The second-order valence-corrected chi connectivity index (χ2v) is 17.3. The summed E-state index contributed by atoms with van der Waals surface area (Å²) in [5, 5.41) is 20.8. The number of benzene rings is 4. The van der Waals surface area contributed by atoms with E-state index < -0.39 is 79.7 Å². The summed E-state index contributed by atoms with van der Waals surface area (Å²) in [4.78, 5) is 11.9. The van der Waals surface area contributed by atoms with E-state index in [4.69, 9.17) is 20.9 Å². The normalized spacial score (nSPS) is 12.0. The van der Waals surface area contributed by atoms with Crippen LogP contribution in [0.25, 0.3) is 10.8 Å². The fourth-order valence-corrected chi connectivity index (χ4v) is 7.97. The number of ether oxygens (including phenoxy) is 1. The summed E-state index contributed by atoms with van der Waals surface area (Å²) in [6.07, 6.45) is 0. The zero-order valence-electron chi connectivity index (χ0n) is 31.5. The molecule has 29 heteroatoms. The van der Waals surface area contributed by atoms with Crippen LogP contribution in [0, 0.1) is 0 Å². The number of azo groups is 1. The standard InChI is InChI=1S/C30H28ClN7O14S4.3Na/c1-3-38(19-5-4-6-21(15-19)53(40,41)12-11-52-56(48,49)50)30-34-28(31)33-29(35-30)32-18-7-9-22-17(13-18)14-25(55(45,46)47)26(27(22)39)37-36-23-10-8-20(51-2)16-24(23)54(42,43)44;;;/h4-10,13-16,39H,3,11-12H2,1-2H3,(H,42,43,44)(H,45,46,47)(H,48,49,50)(H,32,33,34,35);;;/q;3*+1/p-2. The smallest absolute Gasteiger partial charge is 0.744 e. The van der Waals surface area contributed by atoms with Crippen LogP contribution in [0.1, 0.15) is 6.92 Å². The zero-order chi connectivity index (χ0) is 41.2. The van der Waals surface area contributed by atoms with Crippen LogP contribution in [0.4, 0.5) is 34.6 Å². The Morgan fingerprint density at radius 1 is 0.847 bits per heavy atom. The molecule has 3 N–H and O–H groups in total. The molecular formula is C30H26ClN7Na3O14S4+. The molecule has 0 saturated heterocycles. The van der Waals surface area contributed by atoms with Crippen LogP contribution in [0.2, 0.25) is 5.28 Å². The zero-order valence-corrected chi connectivity index (χ0v) is 41.5. The van der Waals surface area contributed by atoms with Crippen LogP contribution < -0.4 is 104 Å². The van der Waals surface area contributed by atoms with Gasteiger partial charge < -0.3 is 29.2 Å². The van der Waals surface area contributed by atoms with Gasteiger partial charge in [-0.25, -0.2) is 29.4 Å². The first-order valence-electron chi connectivity index (χ1n) is 15.3. The third-order valence-corrected chi connectivity index (χ3v) is 11.5. The second kappa shape index (κ2) is 21.3. The summed E-state index contributed by atoms with van der Waals surface area (Å²) in [5.41, 5.74) is -0.917. The minimum Gasteiger partial charge on any atom is -0.744 e. The number of sulfone groups is 1. The predicted octanol–water partition coefficient (Wildman–Crippen LogP) is -4.88.